The summed E-state index contributed by atoms with van der Waals surface area (Å²) in [5, 5.41) is 5.13. The summed E-state index contributed by atoms with van der Waals surface area (Å²) in [6, 6.07) is 7.84. The van der Waals surface area contributed by atoms with Gasteiger partial charge in [-0.15, -0.1) is 11.3 Å². The fourth-order valence-corrected chi connectivity index (χ4v) is 4.85. The topological polar surface area (TPSA) is 24.9 Å². The van der Waals surface area contributed by atoms with E-state index in [1.165, 1.54) is 52.9 Å². The van der Waals surface area contributed by atoms with E-state index in [1.807, 2.05) is 11.3 Å². The Morgan fingerprint density at radius 1 is 1.26 bits per heavy atom. The molecule has 2 fully saturated rings. The molecule has 2 nitrogen and oxygen atoms in total. The molecule has 1 aromatic heterocycles. The lowest BCUT2D eigenvalue weighted by Gasteiger charge is -2.24. The molecule has 2 aromatic rings. The number of rotatable bonds is 1. The average molecular weight is 272 g/mol. The van der Waals surface area contributed by atoms with Crippen LogP contribution in [-0.4, -0.2) is 11.0 Å². The maximum Gasteiger partial charge on any atom is 0.111 e. The molecule has 3 heteroatoms. The van der Waals surface area contributed by atoms with E-state index >= 15 is 0 Å². The Bertz CT molecular complexity index is 590. The van der Waals surface area contributed by atoms with Gasteiger partial charge in [0.25, 0.3) is 0 Å². The molecule has 0 radical (unpaired) electrons. The Kier molecular flexibility index (Phi) is 2.85. The van der Waals surface area contributed by atoms with Crippen molar-refractivity contribution in [3.63, 3.8) is 0 Å². The first-order chi connectivity index (χ1) is 9.29. The molecular formula is C16H20N2S. The Morgan fingerprint density at radius 2 is 2.16 bits per heavy atom. The number of nitrogens with one attached hydrogen (secondary N) is 1. The zero-order valence-corrected chi connectivity index (χ0v) is 12.2. The van der Waals surface area contributed by atoms with Crippen molar-refractivity contribution in [2.75, 3.05) is 0 Å². The highest BCUT2D eigenvalue weighted by Crippen LogP contribution is 2.40. The summed E-state index contributed by atoms with van der Waals surface area (Å²) in [6.07, 6.45) is 6.90. The standard InChI is InChI=1S/C16H20N2S/c1-10-6-7-13-15(8-10)19-16(18-13)14-9-11-4-2-3-5-12(11)17-14/h6-8,11-12,14,17H,2-5,9H2,1H3. The van der Waals surface area contributed by atoms with Gasteiger partial charge in [-0.2, -0.15) is 0 Å². The van der Waals surface area contributed by atoms with Crippen molar-refractivity contribution < 1.29 is 0 Å². The summed E-state index contributed by atoms with van der Waals surface area (Å²) in [5.41, 5.74) is 2.50. The van der Waals surface area contributed by atoms with Crippen molar-refractivity contribution in [1.82, 2.24) is 10.3 Å². The summed E-state index contributed by atoms with van der Waals surface area (Å²) < 4.78 is 1.34. The van der Waals surface area contributed by atoms with Crippen LogP contribution < -0.4 is 5.32 Å². The number of aryl methyl sites for hydroxylation is 1. The molecule has 3 unspecified atom stereocenters. The average Bonchev–Trinajstić information content (AvgIpc) is 3.00. The predicted octanol–water partition coefficient (Wildman–Crippen LogP) is 4.20. The predicted molar refractivity (Wildman–Crippen MR) is 80.6 cm³/mol. The third kappa shape index (κ3) is 2.09. The van der Waals surface area contributed by atoms with Crippen molar-refractivity contribution in [3.05, 3.63) is 28.8 Å². The second-order valence-corrected chi connectivity index (χ2v) is 7.19. The second-order valence-electron chi connectivity index (χ2n) is 6.13. The van der Waals surface area contributed by atoms with Gasteiger partial charge in [-0.05, 0) is 49.8 Å². The van der Waals surface area contributed by atoms with E-state index in [2.05, 4.69) is 30.4 Å². The number of nitrogens with zero attached hydrogens (tertiary/aromatic N) is 1. The van der Waals surface area contributed by atoms with E-state index < -0.39 is 0 Å². The van der Waals surface area contributed by atoms with E-state index in [1.54, 1.807) is 0 Å². The van der Waals surface area contributed by atoms with Crippen LogP contribution in [0.2, 0.25) is 0 Å². The van der Waals surface area contributed by atoms with Crippen LogP contribution in [0.15, 0.2) is 18.2 Å². The van der Waals surface area contributed by atoms with Crippen LogP contribution in [0.3, 0.4) is 0 Å². The summed E-state index contributed by atoms with van der Waals surface area (Å²) in [6.45, 7) is 2.15. The van der Waals surface area contributed by atoms with Crippen LogP contribution in [0, 0.1) is 12.8 Å². The van der Waals surface area contributed by atoms with Crippen LogP contribution in [0.4, 0.5) is 0 Å². The third-order valence-electron chi connectivity index (χ3n) is 4.72. The van der Waals surface area contributed by atoms with E-state index in [0.29, 0.717) is 6.04 Å². The number of benzene rings is 1. The molecule has 0 amide bonds. The molecule has 100 valence electrons. The van der Waals surface area contributed by atoms with E-state index in [0.717, 1.165) is 12.0 Å². The van der Waals surface area contributed by atoms with Crippen molar-refractivity contribution in [2.24, 2.45) is 5.92 Å². The monoisotopic (exact) mass is 272 g/mol. The van der Waals surface area contributed by atoms with Gasteiger partial charge < -0.3 is 5.32 Å². The van der Waals surface area contributed by atoms with Gasteiger partial charge in [0.15, 0.2) is 0 Å². The Morgan fingerprint density at radius 3 is 3.05 bits per heavy atom. The first-order valence-corrected chi connectivity index (χ1v) is 8.24. The molecule has 19 heavy (non-hydrogen) atoms. The minimum absolute atomic E-state index is 0.505. The molecule has 1 saturated carbocycles. The van der Waals surface area contributed by atoms with Crippen LogP contribution in [0.5, 0.6) is 0 Å². The van der Waals surface area contributed by atoms with Gasteiger partial charge in [-0.25, -0.2) is 4.98 Å². The molecule has 4 rings (SSSR count). The Hall–Kier alpha value is -0.930. The lowest BCUT2D eigenvalue weighted by Crippen LogP contribution is -2.30. The molecule has 3 atom stereocenters. The molecule has 1 saturated heterocycles. The van der Waals surface area contributed by atoms with Crippen molar-refractivity contribution in [3.8, 4) is 0 Å². The SMILES string of the molecule is Cc1ccc2nc(C3CC4CCCCC4N3)sc2c1. The van der Waals surface area contributed by atoms with Gasteiger partial charge in [0, 0.05) is 6.04 Å². The first-order valence-electron chi connectivity index (χ1n) is 7.43. The summed E-state index contributed by atoms with van der Waals surface area (Å²) in [4.78, 5) is 4.85. The summed E-state index contributed by atoms with van der Waals surface area (Å²) in [7, 11) is 0. The highest BCUT2D eigenvalue weighted by molar-refractivity contribution is 7.18. The fourth-order valence-electron chi connectivity index (χ4n) is 3.71. The van der Waals surface area contributed by atoms with Crippen LogP contribution in [-0.2, 0) is 0 Å². The molecule has 1 aliphatic heterocycles. The lowest BCUT2D eigenvalue weighted by atomic mass is 9.85. The quantitative estimate of drug-likeness (QED) is 0.841. The summed E-state index contributed by atoms with van der Waals surface area (Å²) >= 11 is 1.88. The zero-order valence-electron chi connectivity index (χ0n) is 11.4. The van der Waals surface area contributed by atoms with Gasteiger partial charge in [0.1, 0.15) is 5.01 Å². The van der Waals surface area contributed by atoms with Gasteiger partial charge in [0.2, 0.25) is 0 Å². The van der Waals surface area contributed by atoms with E-state index in [-0.39, 0.29) is 0 Å². The van der Waals surface area contributed by atoms with Gasteiger partial charge in [0.05, 0.1) is 16.3 Å². The Balaban J connectivity index is 1.64. The van der Waals surface area contributed by atoms with Gasteiger partial charge >= 0.3 is 0 Å². The number of thiazole rings is 1. The molecular weight excluding hydrogens is 252 g/mol. The molecule has 1 N–H and O–H groups in total. The van der Waals surface area contributed by atoms with E-state index in [4.69, 9.17) is 4.98 Å². The number of hydrogen-bond acceptors (Lipinski definition) is 3. The number of aromatic nitrogens is 1. The van der Waals surface area contributed by atoms with Crippen LogP contribution >= 0.6 is 11.3 Å². The Labute approximate surface area is 118 Å². The maximum atomic E-state index is 4.85. The van der Waals surface area contributed by atoms with E-state index in [9.17, 15) is 0 Å². The minimum Gasteiger partial charge on any atom is -0.305 e. The number of fused-ring (bicyclic) bond motifs is 2. The smallest absolute Gasteiger partial charge is 0.111 e. The molecule has 2 aliphatic rings. The minimum atomic E-state index is 0.505. The van der Waals surface area contributed by atoms with Crippen molar-refractivity contribution in [1.29, 1.82) is 0 Å². The highest BCUT2D eigenvalue weighted by Gasteiger charge is 2.36. The highest BCUT2D eigenvalue weighted by atomic mass is 32.1. The lowest BCUT2D eigenvalue weighted by molar-refractivity contribution is 0.325. The number of hydrogen-bond donors (Lipinski definition) is 1. The molecule has 1 aromatic carbocycles. The zero-order chi connectivity index (χ0) is 12.8. The first kappa shape index (κ1) is 11.9. The molecule has 0 bridgehead atoms. The molecule has 1 aliphatic carbocycles. The fraction of sp³-hybridized carbons (Fsp3) is 0.562. The third-order valence-corrected chi connectivity index (χ3v) is 5.85. The van der Waals surface area contributed by atoms with Gasteiger partial charge in [-0.1, -0.05) is 18.9 Å². The largest absolute Gasteiger partial charge is 0.305 e. The maximum absolute atomic E-state index is 4.85. The molecule has 0 spiro atoms. The van der Waals surface area contributed by atoms with Crippen LogP contribution in [0.1, 0.15) is 48.7 Å². The second kappa shape index (κ2) is 4.57. The molecule has 2 heterocycles. The van der Waals surface area contributed by atoms with Crippen molar-refractivity contribution >= 4 is 21.6 Å². The van der Waals surface area contributed by atoms with Crippen LogP contribution in [0.25, 0.3) is 10.2 Å². The van der Waals surface area contributed by atoms with Crippen molar-refractivity contribution in [2.45, 2.75) is 51.1 Å². The normalized spacial score (nSPS) is 30.7. The summed E-state index contributed by atoms with van der Waals surface area (Å²) in [5.74, 6) is 0.896. The van der Waals surface area contributed by atoms with Gasteiger partial charge in [-0.3, -0.25) is 0 Å².